The fraction of sp³-hybridized carbons (Fsp3) is 0.111. The van der Waals surface area contributed by atoms with Crippen molar-refractivity contribution in [1.29, 1.82) is 0 Å². The van der Waals surface area contributed by atoms with Crippen molar-refractivity contribution in [3.05, 3.63) is 57.5 Å². The van der Waals surface area contributed by atoms with Crippen molar-refractivity contribution >= 4 is 63.1 Å². The van der Waals surface area contributed by atoms with E-state index in [1.165, 1.54) is 4.68 Å². The number of amides is 1. The number of nitrogens with zero attached hydrogens (tertiary/aromatic N) is 4. The van der Waals surface area contributed by atoms with Crippen LogP contribution in [0.5, 0.6) is 5.75 Å². The van der Waals surface area contributed by atoms with Crippen LogP contribution in [0.4, 0.5) is 11.6 Å². The third-order valence-corrected chi connectivity index (χ3v) is 5.34. The minimum atomic E-state index is -0.223. The van der Waals surface area contributed by atoms with Crippen LogP contribution in [0.15, 0.2) is 57.2 Å². The van der Waals surface area contributed by atoms with Gasteiger partial charge in [-0.2, -0.15) is 5.10 Å². The van der Waals surface area contributed by atoms with E-state index in [1.807, 2.05) is 18.2 Å². The average Bonchev–Trinajstić information content (AvgIpc) is 3.06. The molecule has 3 rings (SSSR count). The summed E-state index contributed by atoms with van der Waals surface area (Å²) in [5.74, 6) is 6.74. The van der Waals surface area contributed by atoms with E-state index in [2.05, 4.69) is 42.0 Å². The third kappa shape index (κ3) is 5.88. The van der Waals surface area contributed by atoms with E-state index in [-0.39, 0.29) is 17.6 Å². The van der Waals surface area contributed by atoms with E-state index >= 15 is 0 Å². The van der Waals surface area contributed by atoms with Gasteiger partial charge >= 0.3 is 0 Å². The second-order valence-corrected chi connectivity index (χ2v) is 8.07. The van der Waals surface area contributed by atoms with Gasteiger partial charge in [0.05, 0.1) is 19.1 Å². The first-order chi connectivity index (χ1) is 14.5. The van der Waals surface area contributed by atoms with E-state index in [1.54, 1.807) is 37.6 Å². The summed E-state index contributed by atoms with van der Waals surface area (Å²) in [6.45, 7) is 0. The van der Waals surface area contributed by atoms with Gasteiger partial charge in [0.15, 0.2) is 0 Å². The highest BCUT2D eigenvalue weighted by molar-refractivity contribution is 9.10. The van der Waals surface area contributed by atoms with E-state index in [9.17, 15) is 4.79 Å². The molecule has 0 spiro atoms. The number of methoxy groups -OCH3 is 1. The number of nitrogens with one attached hydrogen (secondary N) is 2. The largest absolute Gasteiger partial charge is 0.496 e. The second-order valence-electron chi connectivity index (χ2n) is 5.78. The molecule has 30 heavy (non-hydrogen) atoms. The fourth-order valence-corrected chi connectivity index (χ4v) is 3.54. The Morgan fingerprint density at radius 2 is 2.20 bits per heavy atom. The van der Waals surface area contributed by atoms with Crippen molar-refractivity contribution in [3.63, 3.8) is 0 Å². The van der Waals surface area contributed by atoms with Gasteiger partial charge < -0.3 is 15.9 Å². The predicted octanol–water partition coefficient (Wildman–Crippen LogP) is 3.59. The zero-order valence-corrected chi connectivity index (χ0v) is 18.8. The van der Waals surface area contributed by atoms with Gasteiger partial charge in [0.2, 0.25) is 11.1 Å². The molecule has 1 heterocycles. The van der Waals surface area contributed by atoms with Crippen molar-refractivity contribution in [3.8, 4) is 5.75 Å². The topological polar surface area (TPSA) is 119 Å². The Morgan fingerprint density at radius 1 is 1.37 bits per heavy atom. The van der Waals surface area contributed by atoms with E-state index in [4.69, 9.17) is 22.2 Å². The smallest absolute Gasteiger partial charge is 0.264 e. The van der Waals surface area contributed by atoms with Gasteiger partial charge in [-0.3, -0.25) is 4.79 Å². The van der Waals surface area contributed by atoms with Crippen LogP contribution >= 0.6 is 39.3 Å². The first kappa shape index (κ1) is 21.9. The minimum absolute atomic E-state index is 0.0976. The summed E-state index contributed by atoms with van der Waals surface area (Å²) >= 11 is 10.5. The first-order valence-corrected chi connectivity index (χ1v) is 10.6. The zero-order chi connectivity index (χ0) is 21.5. The van der Waals surface area contributed by atoms with Crippen LogP contribution in [0.2, 0.25) is 5.02 Å². The van der Waals surface area contributed by atoms with E-state index in [0.717, 1.165) is 21.8 Å². The lowest BCUT2D eigenvalue weighted by Gasteiger charge is -2.06. The molecule has 0 aliphatic carbocycles. The Balaban J connectivity index is 1.57. The van der Waals surface area contributed by atoms with Crippen LogP contribution in [0.3, 0.4) is 0 Å². The Morgan fingerprint density at radius 3 is 2.97 bits per heavy atom. The van der Waals surface area contributed by atoms with E-state index in [0.29, 0.717) is 21.6 Å². The van der Waals surface area contributed by atoms with Crippen LogP contribution < -0.4 is 21.3 Å². The molecule has 0 bridgehead atoms. The second kappa shape index (κ2) is 10.3. The Bertz CT molecular complexity index is 1080. The normalized spacial score (nSPS) is 10.9. The molecule has 0 radical (unpaired) electrons. The number of carbonyl (C=O) groups excluding carboxylic acids is 1. The maximum absolute atomic E-state index is 12.1. The quantitative estimate of drug-likeness (QED) is 0.183. The van der Waals surface area contributed by atoms with Gasteiger partial charge in [-0.25, -0.2) is 10.1 Å². The maximum atomic E-state index is 12.1. The number of thioether (sulfide) groups is 1. The molecule has 0 saturated heterocycles. The van der Waals surface area contributed by atoms with Crippen molar-refractivity contribution < 1.29 is 9.53 Å². The summed E-state index contributed by atoms with van der Waals surface area (Å²) in [5.41, 5.74) is 4.09. The molecule has 12 heteroatoms. The molecular weight excluding hydrogens is 494 g/mol. The standard InChI is InChI=1S/C18H17BrClN7O2S/c1-29-15-6-5-12(19)7-11(15)9-22-24-17-25-26-18(27(17)21)30-10-16(28)23-14-4-2-3-13(20)8-14/h2-9H,10,21H2,1H3,(H,23,28)(H,24,25)/b22-9+. The highest BCUT2D eigenvalue weighted by Crippen LogP contribution is 2.22. The van der Waals surface area contributed by atoms with Gasteiger partial charge in [0.1, 0.15) is 5.75 Å². The molecule has 1 aromatic heterocycles. The van der Waals surface area contributed by atoms with Gasteiger partial charge in [0, 0.05) is 20.7 Å². The highest BCUT2D eigenvalue weighted by Gasteiger charge is 2.12. The average molecular weight is 511 g/mol. The van der Waals surface area contributed by atoms with Crippen LogP contribution in [0.25, 0.3) is 0 Å². The third-order valence-electron chi connectivity index (χ3n) is 3.67. The monoisotopic (exact) mass is 509 g/mol. The summed E-state index contributed by atoms with van der Waals surface area (Å²) in [7, 11) is 1.58. The Hall–Kier alpha value is -2.76. The van der Waals surface area contributed by atoms with Crippen molar-refractivity contribution in [2.24, 2.45) is 5.10 Å². The number of nitrogen functional groups attached to an aromatic ring is 1. The van der Waals surface area contributed by atoms with Crippen molar-refractivity contribution in [2.75, 3.05) is 29.4 Å². The maximum Gasteiger partial charge on any atom is 0.264 e. The van der Waals surface area contributed by atoms with Gasteiger partial charge in [-0.15, -0.1) is 10.2 Å². The number of nitrogens with two attached hydrogens (primary N) is 1. The lowest BCUT2D eigenvalue weighted by atomic mass is 10.2. The number of halogens is 2. The number of hydrogen-bond acceptors (Lipinski definition) is 8. The van der Waals surface area contributed by atoms with Gasteiger partial charge in [-0.05, 0) is 36.4 Å². The van der Waals surface area contributed by atoms with Crippen LogP contribution in [0.1, 0.15) is 5.56 Å². The predicted molar refractivity (Wildman–Crippen MR) is 123 cm³/mol. The zero-order valence-electron chi connectivity index (χ0n) is 15.7. The van der Waals surface area contributed by atoms with Gasteiger partial charge in [0.25, 0.3) is 5.95 Å². The Kier molecular flexibility index (Phi) is 7.55. The number of benzene rings is 2. The minimum Gasteiger partial charge on any atom is -0.496 e. The first-order valence-electron chi connectivity index (χ1n) is 8.47. The lowest BCUT2D eigenvalue weighted by Crippen LogP contribution is -2.16. The number of carbonyl (C=O) groups is 1. The molecular formula is C18H17BrClN7O2S. The fourth-order valence-electron chi connectivity index (χ4n) is 2.31. The molecule has 156 valence electrons. The number of hydrazone groups is 1. The molecule has 3 aromatic rings. The molecule has 0 fully saturated rings. The molecule has 9 nitrogen and oxygen atoms in total. The molecule has 0 aliphatic rings. The molecule has 0 unspecified atom stereocenters. The number of anilines is 2. The van der Waals surface area contributed by atoms with Crippen LogP contribution in [-0.4, -0.2) is 39.9 Å². The summed E-state index contributed by atoms with van der Waals surface area (Å²) in [5, 5.41) is 15.7. The lowest BCUT2D eigenvalue weighted by molar-refractivity contribution is -0.113. The molecule has 0 aliphatic heterocycles. The Labute approximate surface area is 190 Å². The molecule has 2 aromatic carbocycles. The molecule has 1 amide bonds. The van der Waals surface area contributed by atoms with Crippen molar-refractivity contribution in [2.45, 2.75) is 5.16 Å². The molecule has 4 N–H and O–H groups in total. The summed E-state index contributed by atoms with van der Waals surface area (Å²) in [6.07, 6.45) is 1.57. The van der Waals surface area contributed by atoms with Crippen molar-refractivity contribution in [1.82, 2.24) is 14.9 Å². The molecule has 0 atom stereocenters. The summed E-state index contributed by atoms with van der Waals surface area (Å²) in [6, 6.07) is 12.4. The number of ether oxygens (including phenoxy) is 1. The number of hydrogen-bond donors (Lipinski definition) is 3. The summed E-state index contributed by atoms with van der Waals surface area (Å²) < 4.78 is 7.39. The number of aromatic nitrogens is 3. The SMILES string of the molecule is COc1ccc(Br)cc1/C=N/Nc1nnc(SCC(=O)Nc2cccc(Cl)c2)n1N. The summed E-state index contributed by atoms with van der Waals surface area (Å²) in [4.78, 5) is 12.1. The molecule has 0 saturated carbocycles. The van der Waals surface area contributed by atoms with Gasteiger partial charge in [-0.1, -0.05) is 45.4 Å². The highest BCUT2D eigenvalue weighted by atomic mass is 79.9. The number of rotatable bonds is 8. The van der Waals surface area contributed by atoms with Crippen LogP contribution in [0, 0.1) is 0 Å². The van der Waals surface area contributed by atoms with E-state index < -0.39 is 0 Å². The van der Waals surface area contributed by atoms with Crippen LogP contribution in [-0.2, 0) is 4.79 Å².